The van der Waals surface area contributed by atoms with Gasteiger partial charge in [0.05, 0.1) is 35.1 Å². The van der Waals surface area contributed by atoms with Gasteiger partial charge in [-0.3, -0.25) is 0 Å². The second-order valence-corrected chi connectivity index (χ2v) is 9.78. The molecule has 11 heteroatoms. The minimum absolute atomic E-state index is 0.00951. The molecule has 0 saturated carbocycles. The van der Waals surface area contributed by atoms with Crippen LogP contribution < -0.4 is 15.4 Å². The van der Waals surface area contributed by atoms with Crippen molar-refractivity contribution >= 4 is 27.2 Å². The van der Waals surface area contributed by atoms with Gasteiger partial charge < -0.3 is 20.1 Å². The first-order chi connectivity index (χ1) is 15.6. The van der Waals surface area contributed by atoms with Crippen LogP contribution in [0.3, 0.4) is 0 Å². The van der Waals surface area contributed by atoms with E-state index in [-0.39, 0.29) is 33.7 Å². The summed E-state index contributed by atoms with van der Waals surface area (Å²) in [4.78, 5) is 12.5. The third-order valence-corrected chi connectivity index (χ3v) is 6.90. The Bertz CT molecular complexity index is 1080. The summed E-state index contributed by atoms with van der Waals surface area (Å²) < 4.78 is 74.8. The summed E-state index contributed by atoms with van der Waals surface area (Å²) in [5.74, 6) is 0.347. The number of rotatable bonds is 8. The van der Waals surface area contributed by atoms with Gasteiger partial charge in [0.25, 0.3) is 0 Å². The lowest BCUT2D eigenvalue weighted by atomic mass is 10.1. The summed E-state index contributed by atoms with van der Waals surface area (Å²) in [5, 5.41) is 4.83. The molecule has 1 aliphatic rings. The van der Waals surface area contributed by atoms with Gasteiger partial charge in [0.2, 0.25) is 0 Å². The van der Waals surface area contributed by atoms with Crippen LogP contribution >= 0.6 is 0 Å². The summed E-state index contributed by atoms with van der Waals surface area (Å²) in [5.41, 5.74) is -0.881. The number of ether oxygens (including phenoxy) is 2. The largest absolute Gasteiger partial charge is 0.491 e. The SMILES string of the molecule is CCCS(=O)(=O)c1ccc(OCC2CCOC2)c(NC(=O)Nc2cccc(C(F)(F)F)c2)c1. The standard InChI is InChI=1S/C22H25F3N2O5S/c1-2-10-33(29,30)18-6-7-20(32-14-15-8-9-31-13-15)19(12-18)27-21(28)26-17-5-3-4-16(11-17)22(23,24)25/h3-7,11-12,15H,2,8-10,13-14H2,1H3,(H2,26,27,28). The van der Waals surface area contributed by atoms with Crippen molar-refractivity contribution in [1.82, 2.24) is 0 Å². The Hall–Kier alpha value is -2.79. The number of halogens is 3. The number of benzene rings is 2. The van der Waals surface area contributed by atoms with E-state index >= 15 is 0 Å². The number of anilines is 2. The zero-order valence-corrected chi connectivity index (χ0v) is 18.8. The summed E-state index contributed by atoms with van der Waals surface area (Å²) >= 11 is 0. The molecule has 0 bridgehead atoms. The highest BCUT2D eigenvalue weighted by Crippen LogP contribution is 2.32. The third-order valence-electron chi connectivity index (χ3n) is 4.98. The molecule has 1 fully saturated rings. The minimum Gasteiger partial charge on any atom is -0.491 e. The van der Waals surface area contributed by atoms with Crippen molar-refractivity contribution in [3.8, 4) is 5.75 Å². The van der Waals surface area contributed by atoms with E-state index in [0.717, 1.165) is 18.6 Å². The van der Waals surface area contributed by atoms with Gasteiger partial charge in [0, 0.05) is 18.2 Å². The Labute approximate surface area is 190 Å². The molecule has 0 spiro atoms. The molecule has 1 unspecified atom stereocenters. The maximum Gasteiger partial charge on any atom is 0.416 e. The molecule has 2 amide bonds. The molecule has 33 heavy (non-hydrogen) atoms. The summed E-state index contributed by atoms with van der Waals surface area (Å²) in [7, 11) is -3.57. The van der Waals surface area contributed by atoms with Crippen LogP contribution in [0.5, 0.6) is 5.75 Å². The van der Waals surface area contributed by atoms with Gasteiger partial charge in [-0.05, 0) is 49.2 Å². The summed E-state index contributed by atoms with van der Waals surface area (Å²) in [6.45, 7) is 3.22. The average molecular weight is 487 g/mol. The fourth-order valence-electron chi connectivity index (χ4n) is 3.29. The fourth-order valence-corrected chi connectivity index (χ4v) is 4.64. The summed E-state index contributed by atoms with van der Waals surface area (Å²) in [6.07, 6.45) is -3.32. The molecule has 0 aromatic heterocycles. The van der Waals surface area contributed by atoms with E-state index in [0.29, 0.717) is 26.2 Å². The fraction of sp³-hybridized carbons (Fsp3) is 0.409. The molecule has 2 aromatic carbocycles. The van der Waals surface area contributed by atoms with E-state index in [9.17, 15) is 26.4 Å². The first kappa shape index (κ1) is 24.8. The quantitative estimate of drug-likeness (QED) is 0.551. The van der Waals surface area contributed by atoms with Crippen LogP contribution in [0.4, 0.5) is 29.3 Å². The lowest BCUT2D eigenvalue weighted by Crippen LogP contribution is -2.21. The normalized spacial score (nSPS) is 16.4. The Morgan fingerprint density at radius 3 is 2.64 bits per heavy atom. The number of carbonyl (C=O) groups excluding carboxylic acids is 1. The molecular weight excluding hydrogens is 461 g/mol. The molecule has 1 atom stereocenters. The molecule has 180 valence electrons. The van der Waals surface area contributed by atoms with Gasteiger partial charge in [-0.2, -0.15) is 13.2 Å². The first-order valence-electron chi connectivity index (χ1n) is 10.4. The monoisotopic (exact) mass is 486 g/mol. The van der Waals surface area contributed by atoms with Crippen molar-refractivity contribution in [2.24, 2.45) is 5.92 Å². The van der Waals surface area contributed by atoms with Crippen LogP contribution in [-0.4, -0.2) is 40.0 Å². The molecule has 3 rings (SSSR count). The zero-order chi connectivity index (χ0) is 24.1. The molecule has 1 saturated heterocycles. The Balaban J connectivity index is 1.81. The molecule has 0 radical (unpaired) electrons. The third kappa shape index (κ3) is 6.84. The average Bonchev–Trinajstić information content (AvgIpc) is 3.26. The van der Waals surface area contributed by atoms with Crippen LogP contribution in [0.2, 0.25) is 0 Å². The number of nitrogens with one attached hydrogen (secondary N) is 2. The lowest BCUT2D eigenvalue weighted by Gasteiger charge is -2.17. The molecule has 2 N–H and O–H groups in total. The lowest BCUT2D eigenvalue weighted by molar-refractivity contribution is -0.137. The predicted molar refractivity (Wildman–Crippen MR) is 117 cm³/mol. The van der Waals surface area contributed by atoms with E-state index in [1.165, 1.54) is 30.3 Å². The van der Waals surface area contributed by atoms with Crippen molar-refractivity contribution in [3.05, 3.63) is 48.0 Å². The highest BCUT2D eigenvalue weighted by Gasteiger charge is 2.30. The van der Waals surface area contributed by atoms with Crippen LogP contribution in [0.1, 0.15) is 25.3 Å². The topological polar surface area (TPSA) is 93.7 Å². The van der Waals surface area contributed by atoms with E-state index < -0.39 is 27.6 Å². The molecule has 2 aromatic rings. The van der Waals surface area contributed by atoms with Crippen LogP contribution in [0.15, 0.2) is 47.4 Å². The van der Waals surface area contributed by atoms with Crippen LogP contribution in [0.25, 0.3) is 0 Å². The molecule has 1 heterocycles. The maximum atomic E-state index is 12.9. The Morgan fingerprint density at radius 1 is 1.18 bits per heavy atom. The van der Waals surface area contributed by atoms with E-state index in [2.05, 4.69) is 10.6 Å². The van der Waals surface area contributed by atoms with Gasteiger partial charge in [0.1, 0.15) is 5.75 Å². The van der Waals surface area contributed by atoms with Crippen molar-refractivity contribution in [2.75, 3.05) is 36.2 Å². The van der Waals surface area contributed by atoms with Gasteiger partial charge in [-0.1, -0.05) is 13.0 Å². The smallest absolute Gasteiger partial charge is 0.416 e. The Kier molecular flexibility index (Phi) is 7.85. The van der Waals surface area contributed by atoms with E-state index in [1.807, 2.05) is 0 Å². The molecule has 7 nitrogen and oxygen atoms in total. The number of hydrogen-bond acceptors (Lipinski definition) is 5. The van der Waals surface area contributed by atoms with Gasteiger partial charge in [-0.25, -0.2) is 13.2 Å². The van der Waals surface area contributed by atoms with Crippen molar-refractivity contribution in [1.29, 1.82) is 0 Å². The van der Waals surface area contributed by atoms with Crippen LogP contribution in [-0.2, 0) is 20.8 Å². The first-order valence-corrected chi connectivity index (χ1v) is 12.1. The van der Waals surface area contributed by atoms with Gasteiger partial charge in [-0.15, -0.1) is 0 Å². The molecular formula is C22H25F3N2O5S. The predicted octanol–water partition coefficient (Wildman–Crippen LogP) is 4.95. The second kappa shape index (κ2) is 10.4. The van der Waals surface area contributed by atoms with Crippen molar-refractivity contribution in [3.63, 3.8) is 0 Å². The highest BCUT2D eigenvalue weighted by atomic mass is 32.2. The number of urea groups is 1. The number of hydrogen-bond donors (Lipinski definition) is 2. The number of carbonyl (C=O) groups is 1. The van der Waals surface area contributed by atoms with Gasteiger partial charge >= 0.3 is 12.2 Å². The number of amides is 2. The number of sulfone groups is 1. The van der Waals surface area contributed by atoms with E-state index in [1.54, 1.807) is 6.92 Å². The second-order valence-electron chi connectivity index (χ2n) is 7.68. The minimum atomic E-state index is -4.55. The van der Waals surface area contributed by atoms with Gasteiger partial charge in [0.15, 0.2) is 9.84 Å². The highest BCUT2D eigenvalue weighted by molar-refractivity contribution is 7.91. The van der Waals surface area contributed by atoms with Crippen LogP contribution in [0, 0.1) is 5.92 Å². The Morgan fingerprint density at radius 2 is 1.97 bits per heavy atom. The summed E-state index contributed by atoms with van der Waals surface area (Å²) in [6, 6.07) is 7.50. The molecule has 1 aliphatic heterocycles. The van der Waals surface area contributed by atoms with Crippen molar-refractivity contribution < 1.29 is 35.9 Å². The zero-order valence-electron chi connectivity index (χ0n) is 17.9. The van der Waals surface area contributed by atoms with E-state index in [4.69, 9.17) is 9.47 Å². The number of alkyl halides is 3. The molecule has 0 aliphatic carbocycles. The maximum absolute atomic E-state index is 12.9. The van der Waals surface area contributed by atoms with Crippen molar-refractivity contribution in [2.45, 2.75) is 30.8 Å².